The molecule has 4 heterocycles. The second-order valence-corrected chi connectivity index (χ2v) is 7.11. The Hall–Kier alpha value is -4.29. The maximum absolute atomic E-state index is 12.7. The van der Waals surface area contributed by atoms with E-state index >= 15 is 0 Å². The molecule has 0 aromatic carbocycles. The van der Waals surface area contributed by atoms with Crippen molar-refractivity contribution in [3.63, 3.8) is 0 Å². The molecule has 4 aromatic rings. The minimum Gasteiger partial charge on any atom is -0.308 e. The summed E-state index contributed by atoms with van der Waals surface area (Å²) in [5.74, 6) is -0.000249. The van der Waals surface area contributed by atoms with Crippen molar-refractivity contribution in [2.24, 2.45) is 7.05 Å². The van der Waals surface area contributed by atoms with Gasteiger partial charge in [-0.25, -0.2) is 4.79 Å². The van der Waals surface area contributed by atoms with Crippen molar-refractivity contribution in [3.05, 3.63) is 66.0 Å². The second kappa shape index (κ2) is 8.68. The number of aryl methyl sites for hydroxylation is 2. The van der Waals surface area contributed by atoms with Crippen molar-refractivity contribution in [2.75, 3.05) is 10.6 Å². The van der Waals surface area contributed by atoms with Crippen LogP contribution >= 0.6 is 0 Å². The number of nitrogens with one attached hydrogen (secondary N) is 2. The summed E-state index contributed by atoms with van der Waals surface area (Å²) >= 11 is 0. The van der Waals surface area contributed by atoms with E-state index in [1.54, 1.807) is 17.1 Å². The lowest BCUT2D eigenvalue weighted by Crippen LogP contribution is -2.35. The monoisotopic (exact) mass is 459 g/mol. The van der Waals surface area contributed by atoms with Crippen LogP contribution in [0.2, 0.25) is 0 Å². The third-order valence-electron chi connectivity index (χ3n) is 4.60. The third kappa shape index (κ3) is 5.14. The van der Waals surface area contributed by atoms with Crippen molar-refractivity contribution in [1.29, 1.82) is 0 Å². The molecule has 33 heavy (non-hydrogen) atoms. The first-order chi connectivity index (χ1) is 15.7. The molecule has 0 atom stereocenters. The molecule has 10 nitrogen and oxygen atoms in total. The predicted octanol–water partition coefficient (Wildman–Crippen LogP) is 3.17. The Morgan fingerprint density at radius 3 is 2.67 bits per heavy atom. The number of hydrogen-bond donors (Lipinski definition) is 2. The van der Waals surface area contributed by atoms with Crippen LogP contribution in [-0.2, 0) is 19.8 Å². The van der Waals surface area contributed by atoms with Crippen LogP contribution in [0.15, 0.2) is 53.6 Å². The average molecular weight is 459 g/mol. The summed E-state index contributed by atoms with van der Waals surface area (Å²) in [7, 11) is 1.86. The average Bonchev–Trinajstić information content (AvgIpc) is 3.33. The molecule has 0 bridgehead atoms. The zero-order chi connectivity index (χ0) is 23.6. The molecule has 0 saturated carbocycles. The highest BCUT2D eigenvalue weighted by Gasteiger charge is 2.32. The van der Waals surface area contributed by atoms with Gasteiger partial charge < -0.3 is 5.32 Å². The Bertz CT molecular complexity index is 1260. The first-order valence-electron chi connectivity index (χ1n) is 9.60. The number of carbonyl (C=O) groups is 1. The smallest absolute Gasteiger partial charge is 0.308 e. The number of pyridine rings is 2. The van der Waals surface area contributed by atoms with Gasteiger partial charge in [-0.05, 0) is 41.4 Å². The molecule has 0 radical (unpaired) electrons. The maximum Gasteiger partial charge on any atom is 0.433 e. The van der Waals surface area contributed by atoms with Crippen LogP contribution in [-0.4, -0.2) is 31.1 Å². The molecule has 4 rings (SSSR count). The van der Waals surface area contributed by atoms with Gasteiger partial charge in [0.1, 0.15) is 11.4 Å². The van der Waals surface area contributed by atoms with E-state index in [1.165, 1.54) is 16.9 Å². The predicted molar refractivity (Wildman–Crippen MR) is 109 cm³/mol. The van der Waals surface area contributed by atoms with Crippen molar-refractivity contribution < 1.29 is 27.2 Å². The van der Waals surface area contributed by atoms with Gasteiger partial charge in [0.25, 0.3) is 6.20 Å². The summed E-state index contributed by atoms with van der Waals surface area (Å²) < 4.78 is 46.5. The molecule has 170 valence electrons. The molecule has 0 unspecified atom stereocenters. The zero-order valence-electron chi connectivity index (χ0n) is 17.5. The normalized spacial score (nSPS) is 11.4. The topological polar surface area (TPSA) is 115 Å². The van der Waals surface area contributed by atoms with E-state index < -0.39 is 17.9 Å². The van der Waals surface area contributed by atoms with Crippen molar-refractivity contribution in [1.82, 2.24) is 25.0 Å². The SMILES string of the molecule is Cc1cnn(C)c1-c1ccc(C[n+]2cc(NC(=O)Nc3ccnc(C(F)(F)F)c3)on2)nc1. The van der Waals surface area contributed by atoms with Gasteiger partial charge in [-0.2, -0.15) is 18.3 Å². The lowest BCUT2D eigenvalue weighted by molar-refractivity contribution is -0.755. The fraction of sp³-hybridized carbons (Fsp3) is 0.200. The number of urea groups is 1. The van der Waals surface area contributed by atoms with Crippen LogP contribution in [0.5, 0.6) is 0 Å². The Labute approximate surface area is 185 Å². The van der Waals surface area contributed by atoms with Crippen LogP contribution in [0, 0.1) is 6.92 Å². The summed E-state index contributed by atoms with van der Waals surface area (Å²) in [6.07, 6.45) is 1.27. The minimum absolute atomic E-state index is 0.000249. The molecule has 0 aliphatic heterocycles. The van der Waals surface area contributed by atoms with E-state index in [0.717, 1.165) is 29.1 Å². The Morgan fingerprint density at radius 1 is 1.18 bits per heavy atom. The van der Waals surface area contributed by atoms with E-state index in [4.69, 9.17) is 4.52 Å². The van der Waals surface area contributed by atoms with Gasteiger partial charge >= 0.3 is 18.1 Å². The highest BCUT2D eigenvalue weighted by atomic mass is 19.4. The fourth-order valence-corrected chi connectivity index (χ4v) is 3.13. The highest BCUT2D eigenvalue weighted by molar-refractivity contribution is 5.98. The Kier molecular flexibility index (Phi) is 5.77. The molecule has 0 aliphatic rings. The molecule has 0 saturated heterocycles. The van der Waals surface area contributed by atoms with Crippen LogP contribution < -0.4 is 15.3 Å². The molecule has 4 aromatic heterocycles. The van der Waals surface area contributed by atoms with Gasteiger partial charge in [0.05, 0.1) is 11.9 Å². The fourth-order valence-electron chi connectivity index (χ4n) is 3.13. The molecule has 2 N–H and O–H groups in total. The van der Waals surface area contributed by atoms with Crippen molar-refractivity contribution in [3.8, 4) is 11.3 Å². The molecule has 13 heteroatoms. The quantitative estimate of drug-likeness (QED) is 0.443. The van der Waals surface area contributed by atoms with Gasteiger partial charge in [-0.1, -0.05) is 0 Å². The van der Waals surface area contributed by atoms with Gasteiger partial charge in [0, 0.05) is 30.7 Å². The van der Waals surface area contributed by atoms with Crippen LogP contribution in [0.3, 0.4) is 0 Å². The van der Waals surface area contributed by atoms with Crippen molar-refractivity contribution in [2.45, 2.75) is 19.6 Å². The number of hydrogen-bond acceptors (Lipinski definition) is 6. The molecule has 0 aliphatic carbocycles. The van der Waals surface area contributed by atoms with Gasteiger partial charge in [0.2, 0.25) is 11.8 Å². The second-order valence-electron chi connectivity index (χ2n) is 7.11. The molecule has 0 spiro atoms. The Morgan fingerprint density at radius 2 is 2.00 bits per heavy atom. The summed E-state index contributed by atoms with van der Waals surface area (Å²) in [6, 6.07) is 4.92. The number of alkyl halides is 3. The molecular formula is C20H18F3N8O2+. The first kappa shape index (κ1) is 21.9. The Balaban J connectivity index is 1.37. The number of aromatic nitrogens is 6. The van der Waals surface area contributed by atoms with E-state index in [2.05, 4.69) is 31.0 Å². The zero-order valence-corrected chi connectivity index (χ0v) is 17.5. The first-order valence-corrected chi connectivity index (χ1v) is 9.60. The van der Waals surface area contributed by atoms with E-state index in [1.807, 2.05) is 26.1 Å². The number of halogens is 3. The number of nitrogens with zero attached hydrogens (tertiary/aromatic N) is 6. The van der Waals surface area contributed by atoms with E-state index in [-0.39, 0.29) is 18.1 Å². The van der Waals surface area contributed by atoms with Crippen LogP contribution in [0.4, 0.5) is 29.5 Å². The lowest BCUT2D eigenvalue weighted by atomic mass is 10.1. The molecule has 0 fully saturated rings. The number of amides is 2. The van der Waals surface area contributed by atoms with Gasteiger partial charge in [0.15, 0.2) is 0 Å². The van der Waals surface area contributed by atoms with E-state index in [9.17, 15) is 18.0 Å². The number of rotatable bonds is 5. The van der Waals surface area contributed by atoms with Gasteiger partial charge in [-0.3, -0.25) is 24.5 Å². The number of carbonyl (C=O) groups excluding carboxylic acids is 1. The lowest BCUT2D eigenvalue weighted by Gasteiger charge is -2.08. The number of anilines is 2. The van der Waals surface area contributed by atoms with E-state index in [0.29, 0.717) is 5.69 Å². The summed E-state index contributed by atoms with van der Waals surface area (Å²) in [6.45, 7) is 2.24. The minimum atomic E-state index is -4.62. The third-order valence-corrected chi connectivity index (χ3v) is 4.60. The van der Waals surface area contributed by atoms with Gasteiger partial charge in [-0.15, -0.1) is 0 Å². The highest BCUT2D eigenvalue weighted by Crippen LogP contribution is 2.28. The summed E-state index contributed by atoms with van der Waals surface area (Å²) in [5, 5.41) is 12.7. The largest absolute Gasteiger partial charge is 0.433 e. The standard InChI is InChI=1S/C20H17F3N8O2/c1-12-8-26-30(2)18(12)13-3-4-15(25-9-13)10-31-11-17(33-29-31)28-19(32)27-14-5-6-24-16(7-14)20(21,22)23/h3-9,11H,10H2,1-2H3,(H-,24,27,28,29,32)/p+1. The van der Waals surface area contributed by atoms with Crippen LogP contribution in [0.25, 0.3) is 11.3 Å². The summed E-state index contributed by atoms with van der Waals surface area (Å²) in [4.78, 5) is 19.7. The van der Waals surface area contributed by atoms with Crippen molar-refractivity contribution >= 4 is 17.6 Å². The maximum atomic E-state index is 12.7. The molecule has 2 amide bonds. The van der Waals surface area contributed by atoms with Crippen LogP contribution in [0.1, 0.15) is 17.0 Å². The summed E-state index contributed by atoms with van der Waals surface area (Å²) in [5.41, 5.74) is 2.44. The molecular weight excluding hydrogens is 441 g/mol.